The molecule has 7 heteroatoms. The molecule has 0 fully saturated rings. The molecule has 26 heavy (non-hydrogen) atoms. The van der Waals surface area contributed by atoms with Crippen LogP contribution in [0.15, 0.2) is 57.7 Å². The average Bonchev–Trinajstić information content (AvgIpc) is 2.61. The van der Waals surface area contributed by atoms with E-state index in [0.29, 0.717) is 21.9 Å². The average molecular weight is 368 g/mol. The summed E-state index contributed by atoms with van der Waals surface area (Å²) in [7, 11) is 1.33. The largest absolute Gasteiger partial charge is 0.465 e. The summed E-state index contributed by atoms with van der Waals surface area (Å²) in [5.74, 6) is -0.398. The molecule has 0 saturated heterocycles. The molecular weight excluding hydrogens is 352 g/mol. The Balaban J connectivity index is 1.72. The number of aryl methyl sites for hydroxylation is 1. The van der Waals surface area contributed by atoms with E-state index in [1.165, 1.54) is 13.2 Å². The number of anilines is 2. The fraction of sp³-hybridized carbons (Fsp3) is 0.105. The standard InChI is InChI=1S/C19H16N2O4S/c1-11-9-17(22)25-16-10-14(7-8-15(11)16)21-19(26)20-13-5-3-12(4-6-13)18(23)24-2/h3-10H,1-2H3,(H2,20,21,26). The summed E-state index contributed by atoms with van der Waals surface area (Å²) in [6.45, 7) is 1.86. The van der Waals surface area contributed by atoms with Gasteiger partial charge in [-0.2, -0.15) is 0 Å². The van der Waals surface area contributed by atoms with E-state index in [-0.39, 0.29) is 0 Å². The maximum absolute atomic E-state index is 11.5. The van der Waals surface area contributed by atoms with Gasteiger partial charge in [0, 0.05) is 28.9 Å². The Labute approximate surface area is 154 Å². The predicted molar refractivity (Wildman–Crippen MR) is 105 cm³/mol. The molecule has 0 atom stereocenters. The Morgan fingerprint density at radius 2 is 1.69 bits per heavy atom. The second-order valence-electron chi connectivity index (χ2n) is 5.61. The first-order valence-electron chi connectivity index (χ1n) is 7.77. The van der Waals surface area contributed by atoms with Crippen molar-refractivity contribution < 1.29 is 13.9 Å². The number of nitrogens with one attached hydrogen (secondary N) is 2. The number of carbonyl (C=O) groups excluding carboxylic acids is 1. The summed E-state index contributed by atoms with van der Waals surface area (Å²) >= 11 is 5.29. The molecule has 0 unspecified atom stereocenters. The first-order valence-corrected chi connectivity index (χ1v) is 8.18. The van der Waals surface area contributed by atoms with Gasteiger partial charge in [-0.25, -0.2) is 9.59 Å². The molecule has 2 aromatic carbocycles. The third kappa shape index (κ3) is 3.89. The monoisotopic (exact) mass is 368 g/mol. The van der Waals surface area contributed by atoms with E-state index in [0.717, 1.165) is 16.6 Å². The molecule has 3 aromatic rings. The summed E-state index contributed by atoms with van der Waals surface area (Å²) in [5.41, 5.74) is 2.82. The fourth-order valence-corrected chi connectivity index (χ4v) is 2.74. The third-order valence-corrected chi connectivity index (χ3v) is 3.98. The minimum atomic E-state index is -0.398. The maximum Gasteiger partial charge on any atom is 0.337 e. The van der Waals surface area contributed by atoms with Crippen LogP contribution in [0.2, 0.25) is 0 Å². The summed E-state index contributed by atoms with van der Waals surface area (Å²) in [6, 6.07) is 13.6. The molecule has 3 rings (SSSR count). The third-order valence-electron chi connectivity index (χ3n) is 3.77. The molecule has 0 saturated carbocycles. The summed E-state index contributed by atoms with van der Waals surface area (Å²) in [5, 5.41) is 7.29. The van der Waals surface area contributed by atoms with E-state index in [1.54, 1.807) is 30.3 Å². The van der Waals surface area contributed by atoms with Crippen LogP contribution < -0.4 is 16.3 Å². The van der Waals surface area contributed by atoms with Gasteiger partial charge in [-0.05, 0) is 61.1 Å². The molecule has 0 aliphatic carbocycles. The minimum absolute atomic E-state index is 0.366. The highest BCUT2D eigenvalue weighted by molar-refractivity contribution is 7.80. The van der Waals surface area contributed by atoms with E-state index in [4.69, 9.17) is 16.6 Å². The maximum atomic E-state index is 11.5. The minimum Gasteiger partial charge on any atom is -0.465 e. The summed E-state index contributed by atoms with van der Waals surface area (Å²) in [4.78, 5) is 22.9. The Hall–Kier alpha value is -3.19. The number of ether oxygens (including phenoxy) is 1. The van der Waals surface area contributed by atoms with Crippen LogP contribution in [0.25, 0.3) is 11.0 Å². The Bertz CT molecular complexity index is 1040. The molecule has 132 valence electrons. The van der Waals surface area contributed by atoms with Crippen LogP contribution in [-0.4, -0.2) is 18.2 Å². The Morgan fingerprint density at radius 3 is 2.38 bits per heavy atom. The van der Waals surface area contributed by atoms with E-state index in [2.05, 4.69) is 15.4 Å². The zero-order valence-electron chi connectivity index (χ0n) is 14.2. The van der Waals surface area contributed by atoms with Crippen molar-refractivity contribution in [2.45, 2.75) is 6.92 Å². The van der Waals surface area contributed by atoms with Crippen LogP contribution in [0.5, 0.6) is 0 Å². The van der Waals surface area contributed by atoms with E-state index < -0.39 is 11.6 Å². The Morgan fingerprint density at radius 1 is 1.04 bits per heavy atom. The number of hydrogen-bond acceptors (Lipinski definition) is 5. The highest BCUT2D eigenvalue weighted by atomic mass is 32.1. The van der Waals surface area contributed by atoms with Crippen molar-refractivity contribution in [1.82, 2.24) is 0 Å². The van der Waals surface area contributed by atoms with Gasteiger partial charge in [0.05, 0.1) is 12.7 Å². The number of methoxy groups -OCH3 is 1. The zero-order chi connectivity index (χ0) is 18.7. The van der Waals surface area contributed by atoms with Crippen LogP contribution in [0.4, 0.5) is 11.4 Å². The number of hydrogen-bond donors (Lipinski definition) is 2. The van der Waals surface area contributed by atoms with Crippen molar-refractivity contribution in [3.05, 3.63) is 70.1 Å². The second-order valence-corrected chi connectivity index (χ2v) is 6.02. The fourth-order valence-electron chi connectivity index (χ4n) is 2.50. The van der Waals surface area contributed by atoms with Crippen LogP contribution in [0.3, 0.4) is 0 Å². The number of carbonyl (C=O) groups is 1. The van der Waals surface area contributed by atoms with Gasteiger partial charge in [0.25, 0.3) is 0 Å². The van der Waals surface area contributed by atoms with Gasteiger partial charge in [-0.1, -0.05) is 0 Å². The molecule has 0 spiro atoms. The van der Waals surface area contributed by atoms with E-state index in [9.17, 15) is 9.59 Å². The van der Waals surface area contributed by atoms with Crippen molar-refractivity contribution in [1.29, 1.82) is 0 Å². The van der Waals surface area contributed by atoms with Gasteiger partial charge >= 0.3 is 11.6 Å². The lowest BCUT2D eigenvalue weighted by molar-refractivity contribution is 0.0601. The van der Waals surface area contributed by atoms with Crippen LogP contribution >= 0.6 is 12.2 Å². The van der Waals surface area contributed by atoms with Crippen molar-refractivity contribution >= 4 is 45.6 Å². The van der Waals surface area contributed by atoms with E-state index in [1.807, 2.05) is 19.1 Å². The molecule has 6 nitrogen and oxygen atoms in total. The van der Waals surface area contributed by atoms with Crippen molar-refractivity contribution in [2.75, 3.05) is 17.7 Å². The number of rotatable bonds is 3. The molecule has 1 heterocycles. The lowest BCUT2D eigenvalue weighted by atomic mass is 10.1. The lowest BCUT2D eigenvalue weighted by Crippen LogP contribution is -2.19. The molecular formula is C19H16N2O4S. The predicted octanol–water partition coefficient (Wildman–Crippen LogP) is 3.70. The van der Waals surface area contributed by atoms with Crippen molar-refractivity contribution in [3.63, 3.8) is 0 Å². The zero-order valence-corrected chi connectivity index (χ0v) is 15.0. The van der Waals surface area contributed by atoms with Crippen molar-refractivity contribution in [3.8, 4) is 0 Å². The second kappa shape index (κ2) is 7.37. The van der Waals surface area contributed by atoms with Gasteiger partial charge in [-0.3, -0.25) is 0 Å². The smallest absolute Gasteiger partial charge is 0.337 e. The van der Waals surface area contributed by atoms with Crippen molar-refractivity contribution in [2.24, 2.45) is 0 Å². The summed E-state index contributed by atoms with van der Waals surface area (Å²) in [6.07, 6.45) is 0. The van der Waals surface area contributed by atoms with E-state index >= 15 is 0 Å². The quantitative estimate of drug-likeness (QED) is 0.414. The number of esters is 1. The lowest BCUT2D eigenvalue weighted by Gasteiger charge is -2.11. The van der Waals surface area contributed by atoms with Gasteiger partial charge < -0.3 is 19.8 Å². The van der Waals surface area contributed by atoms with Crippen LogP contribution in [-0.2, 0) is 4.74 Å². The number of benzene rings is 2. The van der Waals surface area contributed by atoms with Crippen LogP contribution in [0, 0.1) is 6.92 Å². The molecule has 1 aromatic heterocycles. The number of fused-ring (bicyclic) bond motifs is 1. The molecule has 0 aliphatic rings. The highest BCUT2D eigenvalue weighted by Gasteiger charge is 2.07. The van der Waals surface area contributed by atoms with Gasteiger partial charge in [0.2, 0.25) is 0 Å². The number of thiocarbonyl (C=S) groups is 1. The molecule has 2 N–H and O–H groups in total. The van der Waals surface area contributed by atoms with Gasteiger partial charge in [0.1, 0.15) is 5.58 Å². The molecule has 0 bridgehead atoms. The highest BCUT2D eigenvalue weighted by Crippen LogP contribution is 2.21. The SMILES string of the molecule is COC(=O)c1ccc(NC(=S)Nc2ccc3c(C)cc(=O)oc3c2)cc1. The summed E-state index contributed by atoms with van der Waals surface area (Å²) < 4.78 is 9.89. The molecule has 0 aliphatic heterocycles. The first kappa shape index (κ1) is 17.6. The van der Waals surface area contributed by atoms with Crippen LogP contribution in [0.1, 0.15) is 15.9 Å². The first-order chi connectivity index (χ1) is 12.5. The van der Waals surface area contributed by atoms with Gasteiger partial charge in [-0.15, -0.1) is 0 Å². The van der Waals surface area contributed by atoms with Gasteiger partial charge in [0.15, 0.2) is 5.11 Å². The normalized spacial score (nSPS) is 10.4. The molecule has 0 amide bonds. The molecule has 0 radical (unpaired) electrons. The topological polar surface area (TPSA) is 80.6 Å². The Kier molecular flexibility index (Phi) is 4.99.